The topological polar surface area (TPSA) is 46.5 Å². The first-order valence-corrected chi connectivity index (χ1v) is 7.46. The van der Waals surface area contributed by atoms with Crippen LogP contribution in [0.2, 0.25) is 0 Å². The van der Waals surface area contributed by atoms with Crippen LogP contribution >= 0.6 is 22.7 Å². The molecule has 1 N–H and O–H groups in total. The Morgan fingerprint density at radius 2 is 2.33 bits per heavy atom. The van der Waals surface area contributed by atoms with E-state index in [0.717, 1.165) is 23.3 Å². The molecule has 0 radical (unpaired) electrons. The quantitative estimate of drug-likeness (QED) is 0.869. The van der Waals surface area contributed by atoms with Crippen LogP contribution in [-0.4, -0.2) is 11.1 Å². The van der Waals surface area contributed by atoms with Crippen molar-refractivity contribution in [1.29, 1.82) is 0 Å². The molecule has 0 bridgehead atoms. The van der Waals surface area contributed by atoms with Crippen molar-refractivity contribution in [1.82, 2.24) is 0 Å². The Bertz CT molecular complexity index is 514. The Labute approximate surface area is 114 Å². The Morgan fingerprint density at radius 1 is 1.50 bits per heavy atom. The predicted octanol–water partition coefficient (Wildman–Crippen LogP) is 4.04. The summed E-state index contributed by atoms with van der Waals surface area (Å²) in [5.41, 5.74) is 1.07. The zero-order valence-corrected chi connectivity index (χ0v) is 11.6. The van der Waals surface area contributed by atoms with Gasteiger partial charge >= 0.3 is 5.97 Å². The molecular formula is C13H14O3S2. The summed E-state index contributed by atoms with van der Waals surface area (Å²) in [5, 5.41) is 13.1. The van der Waals surface area contributed by atoms with E-state index < -0.39 is 5.97 Å². The second-order valence-corrected chi connectivity index (χ2v) is 5.80. The monoisotopic (exact) mass is 282 g/mol. The lowest BCUT2D eigenvalue weighted by molar-refractivity contribution is 0.0697. The maximum Gasteiger partial charge on any atom is 0.349 e. The highest BCUT2D eigenvalue weighted by Crippen LogP contribution is 2.31. The second kappa shape index (κ2) is 6.02. The zero-order chi connectivity index (χ0) is 13.0. The number of hydrogen-bond donors (Lipinski definition) is 1. The van der Waals surface area contributed by atoms with Gasteiger partial charge in [0.1, 0.15) is 12.4 Å². The molecule has 96 valence electrons. The molecular weight excluding hydrogens is 268 g/mol. The first-order valence-electron chi connectivity index (χ1n) is 5.70. The molecule has 2 rings (SSSR count). The molecule has 0 amide bonds. The number of carboxylic acids is 1. The normalized spacial score (nSPS) is 10.5. The molecule has 2 aromatic heterocycles. The minimum Gasteiger partial charge on any atom is -0.487 e. The van der Waals surface area contributed by atoms with Gasteiger partial charge < -0.3 is 9.84 Å². The lowest BCUT2D eigenvalue weighted by Crippen LogP contribution is -1.99. The first-order chi connectivity index (χ1) is 8.70. The van der Waals surface area contributed by atoms with E-state index in [2.05, 4.69) is 6.92 Å². The average molecular weight is 282 g/mol. The highest BCUT2D eigenvalue weighted by molar-refractivity contribution is 7.14. The molecule has 0 saturated carbocycles. The maximum atomic E-state index is 11.1. The standard InChI is InChI=1S/C13H14O3S2/c1-2-3-10-6-11(12(18-10)13(14)15)16-7-9-4-5-17-8-9/h4-6,8H,2-3,7H2,1H3,(H,14,15). The number of thiophene rings is 2. The van der Waals surface area contributed by atoms with Crippen molar-refractivity contribution in [3.8, 4) is 5.75 Å². The fraction of sp³-hybridized carbons (Fsp3) is 0.308. The summed E-state index contributed by atoms with van der Waals surface area (Å²) in [7, 11) is 0. The molecule has 0 aliphatic heterocycles. The van der Waals surface area contributed by atoms with Gasteiger partial charge in [0.25, 0.3) is 0 Å². The molecule has 0 aromatic carbocycles. The van der Waals surface area contributed by atoms with Gasteiger partial charge in [-0.2, -0.15) is 11.3 Å². The summed E-state index contributed by atoms with van der Waals surface area (Å²) >= 11 is 2.91. The molecule has 0 aliphatic rings. The number of carboxylic acid groups (broad SMARTS) is 1. The van der Waals surface area contributed by atoms with Gasteiger partial charge in [-0.25, -0.2) is 4.79 Å². The molecule has 5 heteroatoms. The van der Waals surface area contributed by atoms with Gasteiger partial charge in [0, 0.05) is 4.88 Å². The van der Waals surface area contributed by atoms with E-state index in [-0.39, 0.29) is 0 Å². The summed E-state index contributed by atoms with van der Waals surface area (Å²) in [6.45, 7) is 2.50. The second-order valence-electron chi connectivity index (χ2n) is 3.88. The van der Waals surface area contributed by atoms with Gasteiger partial charge in [-0.3, -0.25) is 0 Å². The SMILES string of the molecule is CCCc1cc(OCc2ccsc2)c(C(=O)O)s1. The summed E-state index contributed by atoms with van der Waals surface area (Å²) in [5.74, 6) is -0.426. The number of rotatable bonds is 6. The van der Waals surface area contributed by atoms with Gasteiger partial charge in [0.2, 0.25) is 0 Å². The van der Waals surface area contributed by atoms with Crippen LogP contribution in [0, 0.1) is 0 Å². The lowest BCUT2D eigenvalue weighted by atomic mass is 10.3. The summed E-state index contributed by atoms with van der Waals surface area (Å²) < 4.78 is 5.61. The highest BCUT2D eigenvalue weighted by Gasteiger charge is 2.16. The van der Waals surface area contributed by atoms with Crippen LogP contribution in [0.3, 0.4) is 0 Å². The Morgan fingerprint density at radius 3 is 2.94 bits per heavy atom. The van der Waals surface area contributed by atoms with E-state index in [4.69, 9.17) is 9.84 Å². The largest absolute Gasteiger partial charge is 0.487 e. The Hall–Kier alpha value is -1.33. The minimum atomic E-state index is -0.914. The van der Waals surface area contributed by atoms with Crippen LogP contribution in [0.1, 0.15) is 33.5 Å². The van der Waals surface area contributed by atoms with Gasteiger partial charge in [0.15, 0.2) is 4.88 Å². The molecule has 0 saturated heterocycles. The van der Waals surface area contributed by atoms with Crippen LogP contribution in [0.25, 0.3) is 0 Å². The third-order valence-electron chi connectivity index (χ3n) is 2.41. The first kappa shape index (κ1) is 13.1. The molecule has 3 nitrogen and oxygen atoms in total. The van der Waals surface area contributed by atoms with Crippen molar-refractivity contribution >= 4 is 28.6 Å². The van der Waals surface area contributed by atoms with Gasteiger partial charge in [-0.1, -0.05) is 13.3 Å². The molecule has 0 atom stereocenters. The number of hydrogen-bond acceptors (Lipinski definition) is 4. The fourth-order valence-corrected chi connectivity index (χ4v) is 3.28. The molecule has 2 heterocycles. The molecule has 0 unspecified atom stereocenters. The van der Waals surface area contributed by atoms with Crippen LogP contribution in [0.15, 0.2) is 22.9 Å². The number of ether oxygens (including phenoxy) is 1. The third kappa shape index (κ3) is 3.11. The predicted molar refractivity (Wildman–Crippen MR) is 73.9 cm³/mol. The molecule has 0 aliphatic carbocycles. The number of aryl methyl sites for hydroxylation is 1. The average Bonchev–Trinajstić information content (AvgIpc) is 2.95. The molecule has 2 aromatic rings. The third-order valence-corrected chi connectivity index (χ3v) is 4.31. The fourth-order valence-electron chi connectivity index (χ4n) is 1.58. The van der Waals surface area contributed by atoms with Crippen LogP contribution in [0.4, 0.5) is 0 Å². The highest BCUT2D eigenvalue weighted by atomic mass is 32.1. The molecule has 0 fully saturated rings. The van der Waals surface area contributed by atoms with Crippen molar-refractivity contribution in [2.45, 2.75) is 26.4 Å². The van der Waals surface area contributed by atoms with Crippen molar-refractivity contribution in [3.05, 3.63) is 38.2 Å². The maximum absolute atomic E-state index is 11.1. The zero-order valence-electron chi connectivity index (χ0n) is 10.0. The van der Waals surface area contributed by atoms with Crippen LogP contribution in [-0.2, 0) is 13.0 Å². The van der Waals surface area contributed by atoms with Gasteiger partial charge in [-0.05, 0) is 34.9 Å². The molecule has 18 heavy (non-hydrogen) atoms. The number of aromatic carboxylic acids is 1. The summed E-state index contributed by atoms with van der Waals surface area (Å²) in [4.78, 5) is 12.5. The lowest BCUT2D eigenvalue weighted by Gasteiger charge is -2.03. The van der Waals surface area contributed by atoms with E-state index in [1.165, 1.54) is 11.3 Å². The Balaban J connectivity index is 2.12. The summed E-state index contributed by atoms with van der Waals surface area (Å²) in [6, 6.07) is 3.83. The number of carbonyl (C=O) groups is 1. The van der Waals surface area contributed by atoms with Crippen LogP contribution < -0.4 is 4.74 Å². The van der Waals surface area contributed by atoms with E-state index >= 15 is 0 Å². The van der Waals surface area contributed by atoms with Gasteiger partial charge in [-0.15, -0.1) is 11.3 Å². The smallest absolute Gasteiger partial charge is 0.349 e. The van der Waals surface area contributed by atoms with E-state index in [9.17, 15) is 4.79 Å². The van der Waals surface area contributed by atoms with Crippen molar-refractivity contribution < 1.29 is 14.6 Å². The van der Waals surface area contributed by atoms with Crippen molar-refractivity contribution in [2.24, 2.45) is 0 Å². The van der Waals surface area contributed by atoms with E-state index in [1.807, 2.05) is 22.9 Å². The van der Waals surface area contributed by atoms with E-state index in [1.54, 1.807) is 11.3 Å². The Kier molecular flexibility index (Phi) is 4.38. The minimum absolute atomic E-state index is 0.300. The van der Waals surface area contributed by atoms with Gasteiger partial charge in [0.05, 0.1) is 0 Å². The van der Waals surface area contributed by atoms with Crippen LogP contribution in [0.5, 0.6) is 5.75 Å². The van der Waals surface area contributed by atoms with Crippen molar-refractivity contribution in [2.75, 3.05) is 0 Å². The molecule has 0 spiro atoms. The van der Waals surface area contributed by atoms with Crippen molar-refractivity contribution in [3.63, 3.8) is 0 Å². The summed E-state index contributed by atoms with van der Waals surface area (Å²) in [6.07, 6.45) is 1.90. The van der Waals surface area contributed by atoms with E-state index in [0.29, 0.717) is 17.2 Å².